The standard InChI is InChI=1S/C16H30N2S/c1-5-9-16(13-19,10-6-2)12-18-15(8-4)11-14(7-3)17-18/h11,19H,5-10,12-13H2,1-4H3. The van der Waals surface area contributed by atoms with Crippen molar-refractivity contribution in [1.29, 1.82) is 0 Å². The lowest BCUT2D eigenvalue weighted by Gasteiger charge is -2.32. The molecule has 0 saturated carbocycles. The molecule has 1 heterocycles. The number of aromatic nitrogens is 2. The highest BCUT2D eigenvalue weighted by Crippen LogP contribution is 2.33. The molecule has 0 aliphatic carbocycles. The summed E-state index contributed by atoms with van der Waals surface area (Å²) in [4.78, 5) is 0. The average molecular weight is 282 g/mol. The van der Waals surface area contributed by atoms with Gasteiger partial charge in [0.15, 0.2) is 0 Å². The predicted molar refractivity (Wildman–Crippen MR) is 87.1 cm³/mol. The summed E-state index contributed by atoms with van der Waals surface area (Å²) in [6, 6.07) is 2.27. The van der Waals surface area contributed by atoms with Crippen molar-refractivity contribution in [2.45, 2.75) is 72.8 Å². The summed E-state index contributed by atoms with van der Waals surface area (Å²) in [5.74, 6) is 0.957. The van der Waals surface area contributed by atoms with Gasteiger partial charge in [-0.15, -0.1) is 0 Å². The molecular weight excluding hydrogens is 252 g/mol. The quantitative estimate of drug-likeness (QED) is 0.659. The van der Waals surface area contributed by atoms with E-state index in [-0.39, 0.29) is 0 Å². The maximum absolute atomic E-state index is 4.78. The summed E-state index contributed by atoms with van der Waals surface area (Å²) in [6.45, 7) is 9.97. The van der Waals surface area contributed by atoms with E-state index < -0.39 is 0 Å². The van der Waals surface area contributed by atoms with Gasteiger partial charge in [0.05, 0.1) is 5.69 Å². The fraction of sp³-hybridized carbons (Fsp3) is 0.812. The van der Waals surface area contributed by atoms with Crippen molar-refractivity contribution in [2.75, 3.05) is 5.75 Å². The van der Waals surface area contributed by atoms with Gasteiger partial charge in [-0.2, -0.15) is 17.7 Å². The first-order valence-electron chi connectivity index (χ1n) is 7.81. The molecule has 2 nitrogen and oxygen atoms in total. The summed E-state index contributed by atoms with van der Waals surface area (Å²) < 4.78 is 2.25. The van der Waals surface area contributed by atoms with Crippen LogP contribution in [0.3, 0.4) is 0 Å². The number of rotatable bonds is 9. The normalized spacial score (nSPS) is 12.1. The molecule has 0 radical (unpaired) electrons. The topological polar surface area (TPSA) is 17.8 Å². The zero-order valence-electron chi connectivity index (χ0n) is 13.1. The maximum atomic E-state index is 4.78. The Morgan fingerprint density at radius 2 is 1.74 bits per heavy atom. The Kier molecular flexibility index (Phi) is 6.98. The van der Waals surface area contributed by atoms with E-state index in [0.717, 1.165) is 25.1 Å². The molecule has 1 aromatic rings. The van der Waals surface area contributed by atoms with Crippen molar-refractivity contribution in [3.05, 3.63) is 17.5 Å². The highest BCUT2D eigenvalue weighted by Gasteiger charge is 2.28. The fourth-order valence-corrected chi connectivity index (χ4v) is 3.40. The molecule has 0 aliphatic rings. The third kappa shape index (κ3) is 4.27. The number of hydrogen-bond donors (Lipinski definition) is 1. The van der Waals surface area contributed by atoms with Crippen molar-refractivity contribution in [1.82, 2.24) is 9.78 Å². The van der Waals surface area contributed by atoms with Gasteiger partial charge in [-0.25, -0.2) is 0 Å². The average Bonchev–Trinajstić information content (AvgIpc) is 2.81. The Hall–Kier alpha value is -0.440. The highest BCUT2D eigenvalue weighted by atomic mass is 32.1. The lowest BCUT2D eigenvalue weighted by molar-refractivity contribution is 0.219. The highest BCUT2D eigenvalue weighted by molar-refractivity contribution is 7.80. The Labute approximate surface area is 124 Å². The van der Waals surface area contributed by atoms with Crippen LogP contribution < -0.4 is 0 Å². The number of thiol groups is 1. The first kappa shape index (κ1) is 16.6. The van der Waals surface area contributed by atoms with E-state index >= 15 is 0 Å². The van der Waals surface area contributed by atoms with Crippen LogP contribution in [-0.2, 0) is 19.4 Å². The summed E-state index contributed by atoms with van der Waals surface area (Å²) in [6.07, 6.45) is 7.03. The van der Waals surface area contributed by atoms with Crippen LogP contribution in [0.5, 0.6) is 0 Å². The van der Waals surface area contributed by atoms with Crippen molar-refractivity contribution in [2.24, 2.45) is 5.41 Å². The van der Waals surface area contributed by atoms with Crippen LogP contribution in [0, 0.1) is 5.41 Å². The smallest absolute Gasteiger partial charge is 0.0624 e. The first-order valence-corrected chi connectivity index (χ1v) is 8.44. The van der Waals surface area contributed by atoms with Gasteiger partial charge in [-0.3, -0.25) is 4.68 Å². The Balaban J connectivity index is 2.97. The molecule has 0 bridgehead atoms. The molecule has 19 heavy (non-hydrogen) atoms. The summed E-state index contributed by atoms with van der Waals surface area (Å²) in [7, 11) is 0. The second-order valence-electron chi connectivity index (χ2n) is 5.65. The van der Waals surface area contributed by atoms with Gasteiger partial charge in [-0.1, -0.05) is 40.5 Å². The molecule has 1 aromatic heterocycles. The van der Waals surface area contributed by atoms with E-state index in [2.05, 4.69) is 51.1 Å². The minimum Gasteiger partial charge on any atom is -0.269 e. The van der Waals surface area contributed by atoms with Gasteiger partial charge in [0.2, 0.25) is 0 Å². The monoisotopic (exact) mass is 282 g/mol. The van der Waals surface area contributed by atoms with Crippen molar-refractivity contribution in [3.63, 3.8) is 0 Å². The van der Waals surface area contributed by atoms with Gasteiger partial charge < -0.3 is 0 Å². The Bertz CT molecular complexity index is 365. The Morgan fingerprint density at radius 1 is 1.11 bits per heavy atom. The van der Waals surface area contributed by atoms with E-state index in [9.17, 15) is 0 Å². The van der Waals surface area contributed by atoms with Crippen molar-refractivity contribution in [3.8, 4) is 0 Å². The van der Waals surface area contributed by atoms with Gasteiger partial charge >= 0.3 is 0 Å². The van der Waals surface area contributed by atoms with Gasteiger partial charge in [0, 0.05) is 12.2 Å². The summed E-state index contributed by atoms with van der Waals surface area (Å²) >= 11 is 4.65. The molecule has 0 atom stereocenters. The third-order valence-corrected chi connectivity index (χ3v) is 4.69. The first-order chi connectivity index (χ1) is 9.14. The summed E-state index contributed by atoms with van der Waals surface area (Å²) in [5, 5.41) is 4.78. The fourth-order valence-electron chi connectivity index (χ4n) is 2.98. The second kappa shape index (κ2) is 7.98. The molecule has 0 spiro atoms. The molecule has 0 aromatic carbocycles. The van der Waals surface area contributed by atoms with Gasteiger partial charge in [0.1, 0.15) is 0 Å². The third-order valence-electron chi connectivity index (χ3n) is 4.02. The maximum Gasteiger partial charge on any atom is 0.0624 e. The zero-order valence-corrected chi connectivity index (χ0v) is 14.0. The molecule has 0 amide bonds. The van der Waals surface area contributed by atoms with E-state index in [1.807, 2.05) is 0 Å². The number of hydrogen-bond acceptors (Lipinski definition) is 2. The molecule has 0 unspecified atom stereocenters. The number of aryl methyl sites for hydroxylation is 2. The van der Waals surface area contributed by atoms with Crippen LogP contribution in [-0.4, -0.2) is 15.5 Å². The lowest BCUT2D eigenvalue weighted by Crippen LogP contribution is -2.30. The molecule has 0 N–H and O–H groups in total. The van der Waals surface area contributed by atoms with Crippen molar-refractivity contribution < 1.29 is 0 Å². The van der Waals surface area contributed by atoms with Crippen LogP contribution in [0.15, 0.2) is 6.07 Å². The van der Waals surface area contributed by atoms with E-state index in [4.69, 9.17) is 5.10 Å². The van der Waals surface area contributed by atoms with Gasteiger partial charge in [-0.05, 0) is 42.9 Å². The number of nitrogens with zero attached hydrogens (tertiary/aromatic N) is 2. The molecule has 0 aliphatic heterocycles. The van der Waals surface area contributed by atoms with Crippen LogP contribution >= 0.6 is 12.6 Å². The van der Waals surface area contributed by atoms with E-state index in [0.29, 0.717) is 5.41 Å². The molecule has 0 saturated heterocycles. The minimum atomic E-state index is 0.313. The van der Waals surface area contributed by atoms with Crippen LogP contribution in [0.2, 0.25) is 0 Å². The van der Waals surface area contributed by atoms with Crippen molar-refractivity contribution >= 4 is 12.6 Å². The molecule has 0 fully saturated rings. The predicted octanol–water partition coefficient (Wildman–Crippen LogP) is 4.52. The van der Waals surface area contributed by atoms with E-state index in [1.165, 1.54) is 37.1 Å². The van der Waals surface area contributed by atoms with Crippen LogP contribution in [0.25, 0.3) is 0 Å². The van der Waals surface area contributed by atoms with Crippen LogP contribution in [0.1, 0.15) is 64.8 Å². The van der Waals surface area contributed by atoms with Crippen LogP contribution in [0.4, 0.5) is 0 Å². The zero-order chi connectivity index (χ0) is 14.3. The minimum absolute atomic E-state index is 0.313. The second-order valence-corrected chi connectivity index (χ2v) is 5.97. The molecule has 1 rings (SSSR count). The molecule has 110 valence electrons. The molecular formula is C16H30N2S. The molecule has 3 heteroatoms. The Morgan fingerprint density at radius 3 is 2.16 bits per heavy atom. The summed E-state index contributed by atoms with van der Waals surface area (Å²) in [5.41, 5.74) is 2.90. The largest absolute Gasteiger partial charge is 0.269 e. The SMILES string of the molecule is CCCC(CS)(CCC)Cn1nc(CC)cc1CC. The van der Waals surface area contributed by atoms with E-state index in [1.54, 1.807) is 0 Å². The lowest BCUT2D eigenvalue weighted by atomic mass is 9.81. The van der Waals surface area contributed by atoms with Gasteiger partial charge in [0.25, 0.3) is 0 Å².